The molecule has 3 aliphatic rings. The van der Waals surface area contributed by atoms with E-state index in [2.05, 4.69) is 0 Å². The van der Waals surface area contributed by atoms with Crippen LogP contribution in [0.2, 0.25) is 0 Å². The van der Waals surface area contributed by atoms with E-state index in [-0.39, 0.29) is 18.6 Å². The van der Waals surface area contributed by atoms with E-state index in [1.165, 1.54) is 0 Å². The molecular formula is C14H19NO3S. The largest absolute Gasteiger partial charge is 0.394 e. The first-order chi connectivity index (χ1) is 9.14. The van der Waals surface area contributed by atoms with Gasteiger partial charge in [0.1, 0.15) is 0 Å². The number of aliphatic hydroxyl groups excluding tert-OH is 1. The van der Waals surface area contributed by atoms with Crippen molar-refractivity contribution < 1.29 is 15.0 Å². The highest BCUT2D eigenvalue weighted by molar-refractivity contribution is 7.10. The van der Waals surface area contributed by atoms with Crippen LogP contribution in [0.4, 0.5) is 0 Å². The number of carbonyl (C=O) groups is 1. The minimum absolute atomic E-state index is 0.0318. The van der Waals surface area contributed by atoms with Crippen LogP contribution in [0.25, 0.3) is 0 Å². The van der Waals surface area contributed by atoms with Gasteiger partial charge < -0.3 is 15.1 Å². The molecule has 1 amide bonds. The van der Waals surface area contributed by atoms with Crippen molar-refractivity contribution in [3.05, 3.63) is 22.4 Å². The molecule has 3 heterocycles. The van der Waals surface area contributed by atoms with Gasteiger partial charge in [0.05, 0.1) is 24.7 Å². The number of hydrogen-bond donors (Lipinski definition) is 2. The third kappa shape index (κ3) is 2.20. The van der Waals surface area contributed by atoms with Crippen LogP contribution in [0, 0.1) is 0 Å². The number of carbonyl (C=O) groups excluding carboxylic acids is 1. The molecule has 0 radical (unpaired) electrons. The van der Waals surface area contributed by atoms with E-state index in [0.29, 0.717) is 19.3 Å². The summed E-state index contributed by atoms with van der Waals surface area (Å²) in [4.78, 5) is 15.3. The van der Waals surface area contributed by atoms with Gasteiger partial charge in [0, 0.05) is 10.9 Å². The number of nitrogens with zero attached hydrogens (tertiary/aromatic N) is 1. The number of fused-ring (bicyclic) bond motifs is 3. The van der Waals surface area contributed by atoms with Crippen LogP contribution >= 0.6 is 11.3 Å². The Kier molecular flexibility index (Phi) is 3.37. The van der Waals surface area contributed by atoms with Gasteiger partial charge in [0.2, 0.25) is 5.91 Å². The van der Waals surface area contributed by atoms with Crippen molar-refractivity contribution in [2.75, 3.05) is 6.61 Å². The van der Waals surface area contributed by atoms with Crippen molar-refractivity contribution in [3.8, 4) is 0 Å². The first-order valence-corrected chi connectivity index (χ1v) is 7.69. The van der Waals surface area contributed by atoms with E-state index >= 15 is 0 Å². The Morgan fingerprint density at radius 3 is 2.79 bits per heavy atom. The molecule has 2 bridgehead atoms. The van der Waals surface area contributed by atoms with Gasteiger partial charge >= 0.3 is 0 Å². The Hall–Kier alpha value is -0.910. The SMILES string of the molecule is O=C(Cc1cccs1)N1C2CCC(O)(CC2)C1CO. The van der Waals surface area contributed by atoms with Gasteiger partial charge in [-0.1, -0.05) is 6.07 Å². The average Bonchev–Trinajstić information content (AvgIpc) is 2.90. The molecule has 1 unspecified atom stereocenters. The number of aliphatic hydroxyl groups is 2. The van der Waals surface area contributed by atoms with E-state index < -0.39 is 11.6 Å². The molecule has 1 atom stereocenters. The van der Waals surface area contributed by atoms with Crippen molar-refractivity contribution in [2.45, 2.75) is 49.8 Å². The number of amides is 1. The fourth-order valence-corrected chi connectivity index (χ4v) is 4.21. The van der Waals surface area contributed by atoms with Crippen molar-refractivity contribution >= 4 is 17.2 Å². The lowest BCUT2D eigenvalue weighted by molar-refractivity contribution is -0.175. The van der Waals surface area contributed by atoms with Gasteiger partial charge in [-0.25, -0.2) is 0 Å². The highest BCUT2D eigenvalue weighted by atomic mass is 32.1. The van der Waals surface area contributed by atoms with Crippen LogP contribution in [0.1, 0.15) is 30.6 Å². The lowest BCUT2D eigenvalue weighted by atomic mass is 9.71. The first-order valence-electron chi connectivity index (χ1n) is 6.81. The predicted molar refractivity (Wildman–Crippen MR) is 72.9 cm³/mol. The Balaban J connectivity index is 1.80. The molecule has 1 aliphatic carbocycles. The van der Waals surface area contributed by atoms with Gasteiger partial charge in [-0.2, -0.15) is 0 Å². The van der Waals surface area contributed by atoms with E-state index in [9.17, 15) is 15.0 Å². The zero-order chi connectivity index (χ0) is 13.5. The molecule has 1 saturated carbocycles. The van der Waals surface area contributed by atoms with Gasteiger partial charge in [-0.3, -0.25) is 4.79 Å². The summed E-state index contributed by atoms with van der Waals surface area (Å²) < 4.78 is 0. The number of hydrogen-bond acceptors (Lipinski definition) is 4. The Morgan fingerprint density at radius 1 is 1.47 bits per heavy atom. The van der Waals surface area contributed by atoms with Gasteiger partial charge in [-0.05, 0) is 37.1 Å². The molecule has 3 fully saturated rings. The highest BCUT2D eigenvalue weighted by Gasteiger charge is 2.52. The van der Waals surface area contributed by atoms with Crippen LogP contribution in [0.3, 0.4) is 0 Å². The van der Waals surface area contributed by atoms with Crippen LogP contribution in [0.15, 0.2) is 17.5 Å². The van der Waals surface area contributed by atoms with E-state index in [4.69, 9.17) is 0 Å². The van der Waals surface area contributed by atoms with Crippen molar-refractivity contribution in [1.82, 2.24) is 4.90 Å². The highest BCUT2D eigenvalue weighted by Crippen LogP contribution is 2.42. The molecule has 0 aromatic carbocycles. The summed E-state index contributed by atoms with van der Waals surface area (Å²) in [6, 6.07) is 3.66. The summed E-state index contributed by atoms with van der Waals surface area (Å²) in [5.74, 6) is 0.0318. The zero-order valence-corrected chi connectivity index (χ0v) is 11.6. The first kappa shape index (κ1) is 13.1. The molecule has 0 spiro atoms. The quantitative estimate of drug-likeness (QED) is 0.874. The monoisotopic (exact) mass is 281 g/mol. The Labute approximate surface area is 116 Å². The third-order valence-corrected chi connectivity index (χ3v) is 5.41. The van der Waals surface area contributed by atoms with Crippen molar-refractivity contribution in [3.63, 3.8) is 0 Å². The molecule has 2 N–H and O–H groups in total. The summed E-state index contributed by atoms with van der Waals surface area (Å²) in [5, 5.41) is 22.1. The second-order valence-electron chi connectivity index (χ2n) is 5.59. The maximum Gasteiger partial charge on any atom is 0.228 e. The molecular weight excluding hydrogens is 262 g/mol. The normalized spacial score (nSPS) is 33.7. The third-order valence-electron chi connectivity index (χ3n) is 4.54. The van der Waals surface area contributed by atoms with Crippen LogP contribution < -0.4 is 0 Å². The van der Waals surface area contributed by atoms with Crippen LogP contribution in [-0.2, 0) is 11.2 Å². The van der Waals surface area contributed by atoms with Crippen molar-refractivity contribution in [2.24, 2.45) is 0 Å². The van der Waals surface area contributed by atoms with Crippen molar-refractivity contribution in [1.29, 1.82) is 0 Å². The molecule has 2 aliphatic heterocycles. The predicted octanol–water partition coefficient (Wildman–Crippen LogP) is 1.17. The van der Waals surface area contributed by atoms with E-state index in [0.717, 1.165) is 17.7 Å². The lowest BCUT2D eigenvalue weighted by Crippen LogP contribution is -2.67. The topological polar surface area (TPSA) is 60.8 Å². The summed E-state index contributed by atoms with van der Waals surface area (Å²) in [5.41, 5.74) is -0.880. The average molecular weight is 281 g/mol. The lowest BCUT2D eigenvalue weighted by Gasteiger charge is -2.55. The zero-order valence-electron chi connectivity index (χ0n) is 10.8. The smallest absolute Gasteiger partial charge is 0.228 e. The molecule has 4 nitrogen and oxygen atoms in total. The molecule has 104 valence electrons. The standard InChI is InChI=1S/C14H19NO3S/c16-9-12-14(18)5-3-10(4-6-14)15(12)13(17)8-11-2-1-7-19-11/h1-2,7,10,12,16,18H,3-6,8-9H2. The second kappa shape index (κ2) is 4.89. The fraction of sp³-hybridized carbons (Fsp3) is 0.643. The summed E-state index contributed by atoms with van der Waals surface area (Å²) >= 11 is 1.57. The minimum atomic E-state index is -0.880. The Morgan fingerprint density at radius 2 is 2.21 bits per heavy atom. The summed E-state index contributed by atoms with van der Waals surface area (Å²) in [7, 11) is 0. The number of piperidine rings is 2. The van der Waals surface area contributed by atoms with Gasteiger partial charge in [0.15, 0.2) is 0 Å². The summed E-state index contributed by atoms with van der Waals surface area (Å²) in [6.45, 7) is -0.150. The maximum atomic E-state index is 12.5. The maximum absolute atomic E-state index is 12.5. The molecule has 19 heavy (non-hydrogen) atoms. The molecule has 2 saturated heterocycles. The van der Waals surface area contributed by atoms with E-state index in [1.54, 1.807) is 16.2 Å². The number of rotatable bonds is 3. The van der Waals surface area contributed by atoms with Crippen LogP contribution in [0.5, 0.6) is 0 Å². The van der Waals surface area contributed by atoms with Gasteiger partial charge in [0.25, 0.3) is 0 Å². The Bertz CT molecular complexity index is 451. The molecule has 5 heteroatoms. The molecule has 4 rings (SSSR count). The van der Waals surface area contributed by atoms with Gasteiger partial charge in [-0.15, -0.1) is 11.3 Å². The van der Waals surface area contributed by atoms with Crippen LogP contribution in [-0.4, -0.2) is 45.3 Å². The van der Waals surface area contributed by atoms with E-state index in [1.807, 2.05) is 17.5 Å². The number of thiophene rings is 1. The fourth-order valence-electron chi connectivity index (χ4n) is 3.52. The molecule has 1 aromatic rings. The molecule has 1 aromatic heterocycles. The summed E-state index contributed by atoms with van der Waals surface area (Å²) in [6.07, 6.45) is 3.48. The minimum Gasteiger partial charge on any atom is -0.394 e. The second-order valence-corrected chi connectivity index (χ2v) is 6.62.